The molecule has 1 rings (SSSR count). The number of rotatable bonds is 7. The van der Waals surface area contributed by atoms with Gasteiger partial charge in [0, 0.05) is 19.8 Å². The highest BCUT2D eigenvalue weighted by Gasteiger charge is 2.18. The van der Waals surface area contributed by atoms with Gasteiger partial charge >= 0.3 is 0 Å². The van der Waals surface area contributed by atoms with Crippen LogP contribution < -0.4 is 10.1 Å². The lowest BCUT2D eigenvalue weighted by molar-refractivity contribution is -0.128. The van der Waals surface area contributed by atoms with E-state index in [0.29, 0.717) is 13.0 Å². The Morgan fingerprint density at radius 1 is 1.45 bits per heavy atom. The predicted molar refractivity (Wildman–Crippen MR) is 75.6 cm³/mol. The van der Waals surface area contributed by atoms with Crippen LogP contribution in [0.2, 0.25) is 5.02 Å². The van der Waals surface area contributed by atoms with Crippen molar-refractivity contribution in [3.05, 3.63) is 29.0 Å². The third-order valence-electron chi connectivity index (χ3n) is 2.71. The number of halogens is 2. The average molecular weight is 304 g/mol. The number of amides is 1. The number of carbonyl (C=O) groups is 1. The third-order valence-corrected chi connectivity index (χ3v) is 3.01. The van der Waals surface area contributed by atoms with Crippen LogP contribution in [0.1, 0.15) is 20.3 Å². The number of methoxy groups -OCH3 is 1. The molecular formula is C14H19ClFNO3. The third kappa shape index (κ3) is 5.35. The van der Waals surface area contributed by atoms with Crippen molar-refractivity contribution in [3.8, 4) is 5.75 Å². The van der Waals surface area contributed by atoms with Gasteiger partial charge in [0.15, 0.2) is 6.10 Å². The normalized spacial score (nSPS) is 13.7. The maximum absolute atomic E-state index is 12.9. The molecule has 1 aromatic carbocycles. The van der Waals surface area contributed by atoms with E-state index in [0.717, 1.165) is 6.07 Å². The molecule has 2 atom stereocenters. The van der Waals surface area contributed by atoms with Crippen LogP contribution >= 0.6 is 11.6 Å². The summed E-state index contributed by atoms with van der Waals surface area (Å²) in [6.45, 7) is 4.06. The zero-order valence-corrected chi connectivity index (χ0v) is 12.5. The van der Waals surface area contributed by atoms with E-state index in [9.17, 15) is 9.18 Å². The summed E-state index contributed by atoms with van der Waals surface area (Å²) in [6.07, 6.45) is -0.00494. The lowest BCUT2D eigenvalue weighted by Gasteiger charge is -2.19. The van der Waals surface area contributed by atoms with Gasteiger partial charge < -0.3 is 14.8 Å². The van der Waals surface area contributed by atoms with Crippen LogP contribution in [0.5, 0.6) is 5.75 Å². The Bertz CT molecular complexity index is 456. The summed E-state index contributed by atoms with van der Waals surface area (Å²) in [7, 11) is 1.61. The Kier molecular flexibility index (Phi) is 6.75. The van der Waals surface area contributed by atoms with Crippen LogP contribution in [0.25, 0.3) is 0 Å². The van der Waals surface area contributed by atoms with Crippen LogP contribution in [0.3, 0.4) is 0 Å². The van der Waals surface area contributed by atoms with E-state index in [1.165, 1.54) is 12.1 Å². The van der Waals surface area contributed by atoms with Crippen molar-refractivity contribution in [2.75, 3.05) is 13.7 Å². The molecule has 0 unspecified atom stereocenters. The molecule has 1 amide bonds. The molecule has 4 nitrogen and oxygen atoms in total. The Morgan fingerprint density at radius 3 is 2.75 bits per heavy atom. The highest BCUT2D eigenvalue weighted by molar-refractivity contribution is 6.32. The zero-order valence-electron chi connectivity index (χ0n) is 11.8. The standard InChI is InChI=1S/C14H19ClFNO3/c1-9(6-7-19-3)17-14(18)10(2)20-13-5-4-11(16)8-12(13)15/h4-5,8-10H,6-7H2,1-3H3,(H,17,18)/t9-,10+/m1/s1. The second kappa shape index (κ2) is 8.07. The van der Waals surface area contributed by atoms with E-state index in [1.807, 2.05) is 6.92 Å². The molecule has 1 N–H and O–H groups in total. The number of ether oxygens (including phenoxy) is 2. The molecular weight excluding hydrogens is 285 g/mol. The smallest absolute Gasteiger partial charge is 0.260 e. The lowest BCUT2D eigenvalue weighted by atomic mass is 10.2. The van der Waals surface area contributed by atoms with Crippen molar-refractivity contribution < 1.29 is 18.7 Å². The topological polar surface area (TPSA) is 47.6 Å². The molecule has 112 valence electrons. The van der Waals surface area contributed by atoms with E-state index in [4.69, 9.17) is 21.1 Å². The molecule has 0 saturated carbocycles. The summed E-state index contributed by atoms with van der Waals surface area (Å²) in [5, 5.41) is 2.94. The Morgan fingerprint density at radius 2 is 2.15 bits per heavy atom. The monoisotopic (exact) mass is 303 g/mol. The Balaban J connectivity index is 2.53. The molecule has 0 aromatic heterocycles. The lowest BCUT2D eigenvalue weighted by Crippen LogP contribution is -2.41. The van der Waals surface area contributed by atoms with Gasteiger partial charge in [-0.3, -0.25) is 4.79 Å². The summed E-state index contributed by atoms with van der Waals surface area (Å²) in [5.74, 6) is -0.429. The van der Waals surface area contributed by atoms with Gasteiger partial charge in [-0.1, -0.05) is 11.6 Å². The minimum absolute atomic E-state index is 0.0165. The first-order chi connectivity index (χ1) is 9.43. The van der Waals surface area contributed by atoms with Crippen LogP contribution in [0, 0.1) is 5.82 Å². The molecule has 0 heterocycles. The summed E-state index contributed by atoms with van der Waals surface area (Å²) in [5.41, 5.74) is 0. The van der Waals surface area contributed by atoms with Gasteiger partial charge in [0.1, 0.15) is 11.6 Å². The van der Waals surface area contributed by atoms with Gasteiger partial charge in [-0.25, -0.2) is 4.39 Å². The molecule has 0 aliphatic carbocycles. The van der Waals surface area contributed by atoms with Crippen molar-refractivity contribution in [2.24, 2.45) is 0 Å². The summed E-state index contributed by atoms with van der Waals surface area (Å²) >= 11 is 5.84. The van der Waals surface area contributed by atoms with Crippen molar-refractivity contribution in [3.63, 3.8) is 0 Å². The second-order valence-corrected chi connectivity index (χ2v) is 4.93. The molecule has 0 spiro atoms. The Labute approximate surface area is 123 Å². The molecule has 6 heteroatoms. The van der Waals surface area contributed by atoms with Crippen molar-refractivity contribution >= 4 is 17.5 Å². The van der Waals surface area contributed by atoms with Crippen LogP contribution in [-0.4, -0.2) is 31.8 Å². The van der Waals surface area contributed by atoms with Gasteiger partial charge in [0.25, 0.3) is 5.91 Å². The van der Waals surface area contributed by atoms with E-state index in [1.54, 1.807) is 14.0 Å². The molecule has 0 radical (unpaired) electrons. The van der Waals surface area contributed by atoms with Gasteiger partial charge in [-0.15, -0.1) is 0 Å². The predicted octanol–water partition coefficient (Wildman–Crippen LogP) is 2.79. The van der Waals surface area contributed by atoms with Gasteiger partial charge in [-0.2, -0.15) is 0 Å². The Hall–Kier alpha value is -1.33. The highest BCUT2D eigenvalue weighted by atomic mass is 35.5. The molecule has 20 heavy (non-hydrogen) atoms. The first-order valence-electron chi connectivity index (χ1n) is 6.35. The van der Waals surface area contributed by atoms with Crippen molar-refractivity contribution in [1.82, 2.24) is 5.32 Å². The van der Waals surface area contributed by atoms with Crippen LogP contribution in [0.4, 0.5) is 4.39 Å². The minimum atomic E-state index is -0.719. The van der Waals surface area contributed by atoms with Crippen molar-refractivity contribution in [1.29, 1.82) is 0 Å². The maximum atomic E-state index is 12.9. The molecule has 0 aliphatic heterocycles. The average Bonchev–Trinajstić information content (AvgIpc) is 2.39. The SMILES string of the molecule is COCC[C@@H](C)NC(=O)[C@H](C)Oc1ccc(F)cc1Cl. The van der Waals surface area contributed by atoms with Gasteiger partial charge in [-0.05, 0) is 38.5 Å². The largest absolute Gasteiger partial charge is 0.479 e. The second-order valence-electron chi connectivity index (χ2n) is 4.53. The first kappa shape index (κ1) is 16.7. The van der Waals surface area contributed by atoms with E-state index in [-0.39, 0.29) is 22.7 Å². The first-order valence-corrected chi connectivity index (χ1v) is 6.73. The number of hydrogen-bond acceptors (Lipinski definition) is 3. The van der Waals surface area contributed by atoms with E-state index >= 15 is 0 Å². The molecule has 1 aromatic rings. The fraction of sp³-hybridized carbons (Fsp3) is 0.500. The number of hydrogen-bond donors (Lipinski definition) is 1. The van der Waals surface area contributed by atoms with Gasteiger partial charge in [0.2, 0.25) is 0 Å². The summed E-state index contributed by atoms with van der Waals surface area (Å²) in [4.78, 5) is 11.9. The van der Waals surface area contributed by atoms with E-state index in [2.05, 4.69) is 5.32 Å². The summed E-state index contributed by atoms with van der Waals surface area (Å²) in [6, 6.07) is 3.75. The molecule has 0 bridgehead atoms. The van der Waals surface area contributed by atoms with E-state index < -0.39 is 11.9 Å². The summed E-state index contributed by atoms with van der Waals surface area (Å²) < 4.78 is 23.3. The quantitative estimate of drug-likeness (QED) is 0.842. The molecule has 0 aliphatic rings. The van der Waals surface area contributed by atoms with Gasteiger partial charge in [0.05, 0.1) is 5.02 Å². The molecule has 0 saturated heterocycles. The number of carbonyl (C=O) groups excluding carboxylic acids is 1. The fourth-order valence-corrected chi connectivity index (χ4v) is 1.75. The number of nitrogens with one attached hydrogen (secondary N) is 1. The zero-order chi connectivity index (χ0) is 15.1. The molecule has 0 fully saturated rings. The van der Waals surface area contributed by atoms with Crippen molar-refractivity contribution in [2.45, 2.75) is 32.4 Å². The maximum Gasteiger partial charge on any atom is 0.260 e. The van der Waals surface area contributed by atoms with Crippen LogP contribution in [-0.2, 0) is 9.53 Å². The highest BCUT2D eigenvalue weighted by Crippen LogP contribution is 2.25. The number of benzene rings is 1. The van der Waals surface area contributed by atoms with Crippen LogP contribution in [0.15, 0.2) is 18.2 Å². The minimum Gasteiger partial charge on any atom is -0.479 e. The fourth-order valence-electron chi connectivity index (χ4n) is 1.54.